The molecule has 4 heteroatoms. The van der Waals surface area contributed by atoms with E-state index in [4.69, 9.17) is 0 Å². The van der Waals surface area contributed by atoms with Crippen molar-refractivity contribution < 1.29 is 9.59 Å². The number of nitrogens with zero attached hydrogens (tertiary/aromatic N) is 2. The molecule has 126 valence electrons. The first-order valence-corrected chi connectivity index (χ1v) is 8.76. The number of carbonyl (C=O) groups excluding carboxylic acids is 2. The molecule has 0 bridgehead atoms. The first kappa shape index (κ1) is 15.6. The van der Waals surface area contributed by atoms with Crippen LogP contribution in [0.15, 0.2) is 60.8 Å². The van der Waals surface area contributed by atoms with Gasteiger partial charge >= 0.3 is 0 Å². The van der Waals surface area contributed by atoms with Crippen LogP contribution >= 0.6 is 0 Å². The van der Waals surface area contributed by atoms with Crippen LogP contribution in [0.4, 0.5) is 5.69 Å². The van der Waals surface area contributed by atoms with Crippen LogP contribution in [0.5, 0.6) is 0 Å². The van der Waals surface area contributed by atoms with Crippen LogP contribution < -0.4 is 5.01 Å². The van der Waals surface area contributed by atoms with Gasteiger partial charge in [-0.1, -0.05) is 68.3 Å². The van der Waals surface area contributed by atoms with Gasteiger partial charge < -0.3 is 0 Å². The van der Waals surface area contributed by atoms with E-state index >= 15 is 0 Å². The number of para-hydroxylation sites is 1. The molecule has 2 aliphatic heterocycles. The molecule has 0 radical (unpaired) electrons. The number of amides is 2. The zero-order valence-corrected chi connectivity index (χ0v) is 14.2. The molecule has 4 rings (SSSR count). The first-order chi connectivity index (χ1) is 12.2. The monoisotopic (exact) mass is 332 g/mol. The van der Waals surface area contributed by atoms with Gasteiger partial charge in [-0.2, -0.15) is 0 Å². The average molecular weight is 332 g/mol. The number of benzene rings is 2. The first-order valence-electron chi connectivity index (χ1n) is 8.76. The number of carbonyl (C=O) groups is 2. The molecule has 2 aromatic carbocycles. The van der Waals surface area contributed by atoms with E-state index in [-0.39, 0.29) is 11.8 Å². The third kappa shape index (κ3) is 2.45. The van der Waals surface area contributed by atoms with Crippen molar-refractivity contribution in [1.29, 1.82) is 0 Å². The molecule has 25 heavy (non-hydrogen) atoms. The Morgan fingerprint density at radius 1 is 0.920 bits per heavy atom. The summed E-state index contributed by atoms with van der Waals surface area (Å²) in [4.78, 5) is 25.8. The number of hydrogen-bond acceptors (Lipinski definition) is 2. The molecular weight excluding hydrogens is 312 g/mol. The second kappa shape index (κ2) is 6.20. The third-order valence-corrected chi connectivity index (χ3v) is 4.85. The van der Waals surface area contributed by atoms with Crippen LogP contribution in [-0.4, -0.2) is 16.8 Å². The van der Waals surface area contributed by atoms with Crippen molar-refractivity contribution in [1.82, 2.24) is 5.01 Å². The molecule has 1 saturated heterocycles. The Kier molecular flexibility index (Phi) is 3.88. The molecule has 1 atom stereocenters. The number of rotatable bonds is 4. The summed E-state index contributed by atoms with van der Waals surface area (Å²) in [6, 6.07) is 17.7. The van der Waals surface area contributed by atoms with Gasteiger partial charge in [-0.15, -0.1) is 0 Å². The smallest absolute Gasteiger partial charge is 0.258 e. The number of hydrazine groups is 1. The molecular formula is C21H20N2O2. The largest absolute Gasteiger partial charge is 0.272 e. The summed E-state index contributed by atoms with van der Waals surface area (Å²) in [5.74, 6) is -0.810. The highest BCUT2D eigenvalue weighted by Gasteiger charge is 2.47. The topological polar surface area (TPSA) is 40.6 Å². The fraction of sp³-hybridized carbons (Fsp3) is 0.238. The van der Waals surface area contributed by atoms with Crippen molar-refractivity contribution >= 4 is 23.1 Å². The quantitative estimate of drug-likeness (QED) is 0.795. The van der Waals surface area contributed by atoms with Gasteiger partial charge in [0, 0.05) is 17.3 Å². The molecule has 4 nitrogen and oxygen atoms in total. The van der Waals surface area contributed by atoms with Crippen molar-refractivity contribution in [3.8, 4) is 0 Å². The minimum absolute atomic E-state index is 0.116. The molecule has 2 heterocycles. The molecule has 0 unspecified atom stereocenters. The second-order valence-corrected chi connectivity index (χ2v) is 6.45. The number of anilines is 1. The lowest BCUT2D eigenvalue weighted by atomic mass is 9.96. The summed E-state index contributed by atoms with van der Waals surface area (Å²) < 4.78 is 0. The highest BCUT2D eigenvalue weighted by molar-refractivity contribution is 6.17. The Balaban J connectivity index is 1.83. The lowest BCUT2D eigenvalue weighted by molar-refractivity contribution is -0.131. The standard InChI is InChI=1S/C21H20N2O2/c1-2-3-11-17-20(24)22-14-18(15-9-5-4-6-10-15)16-12-7-8-13-19(16)23(22)21(17)25/h4-10,12-14,17H,2-3,11H2,1H3/t17-/m0/s1. The molecule has 2 amide bonds. The van der Waals surface area contributed by atoms with E-state index in [9.17, 15) is 9.59 Å². The maximum absolute atomic E-state index is 12.9. The van der Waals surface area contributed by atoms with Crippen LogP contribution in [0, 0.1) is 5.92 Å². The predicted molar refractivity (Wildman–Crippen MR) is 97.3 cm³/mol. The van der Waals surface area contributed by atoms with E-state index < -0.39 is 5.92 Å². The van der Waals surface area contributed by atoms with E-state index in [1.54, 1.807) is 5.01 Å². The molecule has 0 spiro atoms. The Labute approximate surface area is 147 Å². The Morgan fingerprint density at radius 3 is 2.40 bits per heavy atom. The van der Waals surface area contributed by atoms with E-state index in [0.717, 1.165) is 35.2 Å². The fourth-order valence-corrected chi connectivity index (χ4v) is 3.55. The molecule has 2 aliphatic rings. The molecule has 0 aromatic heterocycles. The average Bonchev–Trinajstić information content (AvgIpc) is 2.90. The highest BCUT2D eigenvalue weighted by Crippen LogP contribution is 2.41. The number of hydrogen-bond donors (Lipinski definition) is 0. The van der Waals surface area contributed by atoms with Crippen LogP contribution in [0.25, 0.3) is 5.57 Å². The Hall–Kier alpha value is -2.88. The Bertz CT molecular complexity index is 857. The lowest BCUT2D eigenvalue weighted by Gasteiger charge is -2.32. The molecule has 2 aromatic rings. The van der Waals surface area contributed by atoms with Crippen LogP contribution in [0.2, 0.25) is 0 Å². The normalized spacial score (nSPS) is 18.9. The predicted octanol–water partition coefficient (Wildman–Crippen LogP) is 3.99. The summed E-state index contributed by atoms with van der Waals surface area (Å²) in [5.41, 5.74) is 3.75. The highest BCUT2D eigenvalue weighted by atomic mass is 16.2. The van der Waals surface area contributed by atoms with E-state index in [1.807, 2.05) is 60.8 Å². The van der Waals surface area contributed by atoms with Crippen LogP contribution in [-0.2, 0) is 9.59 Å². The van der Waals surface area contributed by atoms with Gasteiger partial charge in [-0.25, -0.2) is 10.0 Å². The number of unbranched alkanes of at least 4 members (excludes halogenated alkanes) is 1. The molecule has 0 N–H and O–H groups in total. The van der Waals surface area contributed by atoms with Gasteiger partial charge in [0.2, 0.25) is 0 Å². The van der Waals surface area contributed by atoms with E-state index in [0.29, 0.717) is 6.42 Å². The maximum Gasteiger partial charge on any atom is 0.258 e. The van der Waals surface area contributed by atoms with Gasteiger partial charge in [0.1, 0.15) is 5.92 Å². The minimum atomic E-state index is -0.570. The summed E-state index contributed by atoms with van der Waals surface area (Å²) in [7, 11) is 0. The van der Waals surface area contributed by atoms with Gasteiger partial charge in [-0.3, -0.25) is 9.59 Å². The van der Waals surface area contributed by atoms with Gasteiger partial charge in [0.25, 0.3) is 11.8 Å². The summed E-state index contributed by atoms with van der Waals surface area (Å²) in [6.07, 6.45) is 4.27. The third-order valence-electron chi connectivity index (χ3n) is 4.85. The van der Waals surface area contributed by atoms with Crippen molar-refractivity contribution in [2.24, 2.45) is 5.92 Å². The van der Waals surface area contributed by atoms with Crippen molar-refractivity contribution in [3.63, 3.8) is 0 Å². The van der Waals surface area contributed by atoms with E-state index in [2.05, 4.69) is 6.92 Å². The van der Waals surface area contributed by atoms with E-state index in [1.165, 1.54) is 5.01 Å². The van der Waals surface area contributed by atoms with Gasteiger partial charge in [-0.05, 0) is 18.1 Å². The van der Waals surface area contributed by atoms with Gasteiger partial charge in [0.05, 0.1) is 5.69 Å². The zero-order valence-electron chi connectivity index (χ0n) is 14.2. The van der Waals surface area contributed by atoms with Crippen molar-refractivity contribution in [2.75, 3.05) is 5.01 Å². The van der Waals surface area contributed by atoms with Crippen molar-refractivity contribution in [2.45, 2.75) is 26.2 Å². The Morgan fingerprint density at radius 2 is 1.64 bits per heavy atom. The second-order valence-electron chi connectivity index (χ2n) is 6.45. The maximum atomic E-state index is 12.9. The number of fused-ring (bicyclic) bond motifs is 3. The van der Waals surface area contributed by atoms with Crippen molar-refractivity contribution in [3.05, 3.63) is 71.9 Å². The minimum Gasteiger partial charge on any atom is -0.272 e. The van der Waals surface area contributed by atoms with Crippen LogP contribution in [0.3, 0.4) is 0 Å². The fourth-order valence-electron chi connectivity index (χ4n) is 3.55. The summed E-state index contributed by atoms with van der Waals surface area (Å²) in [5, 5.41) is 3.05. The molecule has 0 saturated carbocycles. The SMILES string of the molecule is CCCC[C@H]1C(=O)N2C=C(c3ccccc3)c3ccccc3N2C1=O. The zero-order chi connectivity index (χ0) is 17.4. The van der Waals surface area contributed by atoms with Gasteiger partial charge in [0.15, 0.2) is 0 Å². The molecule has 0 aliphatic carbocycles. The van der Waals surface area contributed by atoms with Crippen LogP contribution in [0.1, 0.15) is 37.3 Å². The summed E-state index contributed by atoms with van der Waals surface area (Å²) >= 11 is 0. The summed E-state index contributed by atoms with van der Waals surface area (Å²) in [6.45, 7) is 2.07. The lowest BCUT2D eigenvalue weighted by Crippen LogP contribution is -2.40. The molecule has 1 fully saturated rings.